The van der Waals surface area contributed by atoms with E-state index in [9.17, 15) is 14.4 Å². The second-order valence-electron chi connectivity index (χ2n) is 6.73. The quantitative estimate of drug-likeness (QED) is 0.543. The van der Waals surface area contributed by atoms with Crippen molar-refractivity contribution < 1.29 is 19.1 Å². The monoisotopic (exact) mass is 400 g/mol. The lowest BCUT2D eigenvalue weighted by Gasteiger charge is -2.11. The van der Waals surface area contributed by atoms with Crippen molar-refractivity contribution in [2.75, 3.05) is 11.9 Å². The number of hydrogen-bond donors (Lipinski definition) is 2. The minimum Gasteiger partial charge on any atom is -0.452 e. The maximum absolute atomic E-state index is 12.8. The van der Waals surface area contributed by atoms with Crippen LogP contribution in [0.25, 0.3) is 11.1 Å². The highest BCUT2D eigenvalue weighted by Gasteiger charge is 2.23. The Kier molecular flexibility index (Phi) is 7.52. The summed E-state index contributed by atoms with van der Waals surface area (Å²) in [5.41, 5.74) is 2.54. The van der Waals surface area contributed by atoms with Gasteiger partial charge < -0.3 is 15.4 Å². The van der Waals surface area contributed by atoms with Crippen molar-refractivity contribution in [1.29, 1.82) is 0 Å². The molecule has 0 unspecified atom stereocenters. The van der Waals surface area contributed by atoms with Crippen LogP contribution in [0.5, 0.6) is 0 Å². The highest BCUT2D eigenvalue weighted by atomic mass is 32.1. The summed E-state index contributed by atoms with van der Waals surface area (Å²) in [6.45, 7) is 6.88. The van der Waals surface area contributed by atoms with Crippen molar-refractivity contribution >= 4 is 34.1 Å². The van der Waals surface area contributed by atoms with Gasteiger partial charge in [0.25, 0.3) is 5.91 Å². The van der Waals surface area contributed by atoms with Crippen LogP contribution in [-0.4, -0.2) is 30.4 Å². The summed E-state index contributed by atoms with van der Waals surface area (Å²) in [6, 6.07) is 9.28. The molecule has 1 heterocycles. The van der Waals surface area contributed by atoms with Gasteiger partial charge in [0.1, 0.15) is 10.6 Å². The number of allylic oxidation sites excluding steroid dienone is 1. The molecule has 2 rings (SSSR count). The van der Waals surface area contributed by atoms with Crippen molar-refractivity contribution in [2.24, 2.45) is 0 Å². The third kappa shape index (κ3) is 6.06. The largest absolute Gasteiger partial charge is 0.452 e. The van der Waals surface area contributed by atoms with Gasteiger partial charge in [0.15, 0.2) is 6.61 Å². The lowest BCUT2D eigenvalue weighted by Crippen LogP contribution is -2.34. The van der Waals surface area contributed by atoms with Gasteiger partial charge in [0.2, 0.25) is 5.91 Å². The minimum atomic E-state index is -0.661. The number of amides is 2. The standard InChI is InChI=1S/C21H24N2O4S/c1-13(2)10-17(24)23-20-19(21(26)27-11-18(25)22-14(3)4)16(12-28-20)15-8-6-5-7-9-15/h5-10,12,14H,11H2,1-4H3,(H,22,25)(H,23,24). The molecule has 0 aliphatic carbocycles. The number of nitrogens with one attached hydrogen (secondary N) is 2. The second kappa shape index (κ2) is 9.85. The topological polar surface area (TPSA) is 84.5 Å². The van der Waals surface area contributed by atoms with Gasteiger partial charge in [-0.1, -0.05) is 35.9 Å². The number of ether oxygens (including phenoxy) is 1. The summed E-state index contributed by atoms with van der Waals surface area (Å²) in [5.74, 6) is -1.37. The van der Waals surface area contributed by atoms with Gasteiger partial charge in [0, 0.05) is 23.1 Å². The van der Waals surface area contributed by atoms with Crippen LogP contribution in [-0.2, 0) is 14.3 Å². The van der Waals surface area contributed by atoms with Gasteiger partial charge in [-0.2, -0.15) is 0 Å². The van der Waals surface area contributed by atoms with Gasteiger partial charge in [-0.05, 0) is 33.3 Å². The van der Waals surface area contributed by atoms with Crippen LogP contribution >= 0.6 is 11.3 Å². The molecule has 0 bridgehead atoms. The zero-order valence-electron chi connectivity index (χ0n) is 16.4. The third-order valence-corrected chi connectivity index (χ3v) is 4.42. The SMILES string of the molecule is CC(C)=CC(=O)Nc1scc(-c2ccccc2)c1C(=O)OCC(=O)NC(C)C. The Morgan fingerprint density at radius 2 is 1.82 bits per heavy atom. The first-order chi connectivity index (χ1) is 13.3. The van der Waals surface area contributed by atoms with Gasteiger partial charge in [0.05, 0.1) is 0 Å². The molecule has 0 saturated heterocycles. The van der Waals surface area contributed by atoms with Gasteiger partial charge in [-0.3, -0.25) is 9.59 Å². The highest BCUT2D eigenvalue weighted by molar-refractivity contribution is 7.15. The number of esters is 1. The summed E-state index contributed by atoms with van der Waals surface area (Å²) in [7, 11) is 0. The molecule has 148 valence electrons. The summed E-state index contributed by atoms with van der Waals surface area (Å²) in [6.07, 6.45) is 1.45. The molecule has 0 spiro atoms. The summed E-state index contributed by atoms with van der Waals surface area (Å²) in [5, 5.41) is 7.58. The number of carbonyl (C=O) groups excluding carboxylic acids is 3. The van der Waals surface area contributed by atoms with E-state index in [0.717, 1.165) is 11.1 Å². The molecular formula is C21H24N2O4S. The van der Waals surface area contributed by atoms with Gasteiger partial charge in [-0.25, -0.2) is 4.79 Å². The Hall–Kier alpha value is -2.93. The summed E-state index contributed by atoms with van der Waals surface area (Å²) in [4.78, 5) is 36.7. The molecule has 0 aliphatic rings. The van der Waals surface area contributed by atoms with E-state index in [4.69, 9.17) is 4.74 Å². The average molecular weight is 401 g/mol. The number of thiophene rings is 1. The van der Waals surface area contributed by atoms with Gasteiger partial charge >= 0.3 is 5.97 Å². The fourth-order valence-corrected chi connectivity index (χ4v) is 3.42. The van der Waals surface area contributed by atoms with Crippen LogP contribution in [0.15, 0.2) is 47.4 Å². The molecule has 0 aliphatic heterocycles. The van der Waals surface area contributed by atoms with E-state index < -0.39 is 5.97 Å². The highest BCUT2D eigenvalue weighted by Crippen LogP contribution is 2.36. The molecule has 0 fully saturated rings. The predicted octanol–water partition coefficient (Wildman–Crippen LogP) is 4.00. The number of carbonyl (C=O) groups is 3. The van der Waals surface area contributed by atoms with E-state index >= 15 is 0 Å². The zero-order chi connectivity index (χ0) is 20.7. The zero-order valence-corrected chi connectivity index (χ0v) is 17.2. The van der Waals surface area contributed by atoms with E-state index in [1.165, 1.54) is 17.4 Å². The van der Waals surface area contributed by atoms with Crippen LogP contribution in [0.2, 0.25) is 0 Å². The van der Waals surface area contributed by atoms with Crippen molar-refractivity contribution in [1.82, 2.24) is 5.32 Å². The van der Waals surface area contributed by atoms with Crippen LogP contribution in [0.4, 0.5) is 5.00 Å². The van der Waals surface area contributed by atoms with Crippen molar-refractivity contribution in [2.45, 2.75) is 33.7 Å². The fraction of sp³-hybridized carbons (Fsp3) is 0.286. The Bertz CT molecular complexity index is 881. The van der Waals surface area contributed by atoms with Crippen molar-refractivity contribution in [3.05, 3.63) is 52.9 Å². The minimum absolute atomic E-state index is 0.0499. The Morgan fingerprint density at radius 3 is 2.43 bits per heavy atom. The first kappa shape index (κ1) is 21.4. The molecule has 2 aromatic rings. The smallest absolute Gasteiger partial charge is 0.342 e. The van der Waals surface area contributed by atoms with Crippen molar-refractivity contribution in [3.63, 3.8) is 0 Å². The molecule has 6 nitrogen and oxygen atoms in total. The predicted molar refractivity (Wildman–Crippen MR) is 111 cm³/mol. The Morgan fingerprint density at radius 1 is 1.14 bits per heavy atom. The average Bonchev–Trinajstić information content (AvgIpc) is 3.02. The maximum atomic E-state index is 12.8. The molecule has 28 heavy (non-hydrogen) atoms. The summed E-state index contributed by atoms with van der Waals surface area (Å²) < 4.78 is 5.20. The Labute approximate surface area is 168 Å². The molecular weight excluding hydrogens is 376 g/mol. The third-order valence-electron chi connectivity index (χ3n) is 3.52. The van der Waals surface area contributed by atoms with Gasteiger partial charge in [-0.15, -0.1) is 11.3 Å². The lowest BCUT2D eigenvalue weighted by molar-refractivity contribution is -0.124. The first-order valence-corrected chi connectivity index (χ1v) is 9.75. The van der Waals surface area contributed by atoms with E-state index in [1.54, 1.807) is 5.38 Å². The normalized spacial score (nSPS) is 10.3. The number of hydrogen-bond acceptors (Lipinski definition) is 5. The van der Waals surface area contributed by atoms with Crippen LogP contribution in [0.3, 0.4) is 0 Å². The second-order valence-corrected chi connectivity index (χ2v) is 7.61. The molecule has 1 aromatic heterocycles. The van der Waals surface area contributed by atoms with Crippen LogP contribution < -0.4 is 10.6 Å². The lowest BCUT2D eigenvalue weighted by atomic mass is 10.0. The van der Waals surface area contributed by atoms with E-state index in [1.807, 2.05) is 58.0 Å². The van der Waals surface area contributed by atoms with E-state index in [2.05, 4.69) is 10.6 Å². The molecule has 0 atom stereocenters. The Balaban J connectivity index is 2.31. The molecule has 2 N–H and O–H groups in total. The molecule has 1 aromatic carbocycles. The molecule has 7 heteroatoms. The molecule has 0 saturated carbocycles. The first-order valence-electron chi connectivity index (χ1n) is 8.87. The van der Waals surface area contributed by atoms with Crippen molar-refractivity contribution in [3.8, 4) is 11.1 Å². The number of anilines is 1. The number of rotatable bonds is 7. The van der Waals surface area contributed by atoms with Crippen LogP contribution in [0, 0.1) is 0 Å². The van der Waals surface area contributed by atoms with Crippen LogP contribution in [0.1, 0.15) is 38.1 Å². The van der Waals surface area contributed by atoms with E-state index in [-0.39, 0.29) is 30.0 Å². The molecule has 0 radical (unpaired) electrons. The molecule has 2 amide bonds. The summed E-state index contributed by atoms with van der Waals surface area (Å²) >= 11 is 1.24. The fourth-order valence-electron chi connectivity index (χ4n) is 2.46. The van der Waals surface area contributed by atoms with E-state index in [0.29, 0.717) is 10.6 Å². The maximum Gasteiger partial charge on any atom is 0.342 e. The number of benzene rings is 1.